The van der Waals surface area contributed by atoms with Crippen LogP contribution in [0.1, 0.15) is 24.0 Å². The van der Waals surface area contributed by atoms with E-state index in [2.05, 4.69) is 54.6 Å². The van der Waals surface area contributed by atoms with Gasteiger partial charge < -0.3 is 0 Å². The molecule has 2 aromatic rings. The van der Waals surface area contributed by atoms with Crippen LogP contribution in [0.4, 0.5) is 0 Å². The van der Waals surface area contributed by atoms with E-state index in [0.29, 0.717) is 0 Å². The minimum atomic E-state index is 1.17. The number of aryl methyl sites for hydroxylation is 2. The highest BCUT2D eigenvalue weighted by Crippen LogP contribution is 2.07. The van der Waals surface area contributed by atoms with Crippen molar-refractivity contribution in [1.82, 2.24) is 0 Å². The van der Waals surface area contributed by atoms with Gasteiger partial charge in [-0.05, 0) is 36.8 Å². The van der Waals surface area contributed by atoms with Gasteiger partial charge in [0.05, 0.1) is 0 Å². The smallest absolute Gasteiger partial charge is 0.0388 e. The number of benzene rings is 2. The quantitative estimate of drug-likeness (QED) is 0.555. The van der Waals surface area contributed by atoms with Crippen LogP contribution in [-0.4, -0.2) is 10.2 Å². The Morgan fingerprint density at radius 3 is 2.12 bits per heavy atom. The monoisotopic (exact) mass is 240 g/mol. The lowest BCUT2D eigenvalue weighted by molar-refractivity contribution is 0.736. The van der Waals surface area contributed by atoms with E-state index in [1.54, 1.807) is 10.8 Å². The molecule has 0 bridgehead atoms. The summed E-state index contributed by atoms with van der Waals surface area (Å²) in [5, 5.41) is 1.56. The van der Waals surface area contributed by atoms with Crippen LogP contribution in [0.15, 0.2) is 54.6 Å². The number of unbranched alkanes of at least 4 members (excludes halogenated alkanes) is 1. The fourth-order valence-corrected chi connectivity index (χ4v) is 2.79. The Morgan fingerprint density at radius 1 is 0.706 bits per heavy atom. The molecule has 0 spiro atoms. The first-order valence-corrected chi connectivity index (χ1v) is 7.45. The summed E-state index contributed by atoms with van der Waals surface area (Å²) in [6.45, 7) is 0. The molecule has 0 amide bonds. The van der Waals surface area contributed by atoms with Gasteiger partial charge in [0.2, 0.25) is 0 Å². The molecule has 1 heteroatoms. The molecule has 2 rings (SSSR count). The van der Waals surface area contributed by atoms with Gasteiger partial charge in [-0.15, -0.1) is 0 Å². The minimum absolute atomic E-state index is 1.17. The van der Waals surface area contributed by atoms with Gasteiger partial charge in [-0.2, -0.15) is 0 Å². The summed E-state index contributed by atoms with van der Waals surface area (Å²) in [5.41, 5.74) is 3.03. The third-order valence-corrected chi connectivity index (χ3v) is 4.24. The standard InChI is InChI=1S/C16H20Si/c17-16-13-7-6-12-15(16)11-5-4-10-14-8-2-1-3-9-14/h1-3,6-9,12-13H,4-5,10-11H2,17H3. The zero-order chi connectivity index (χ0) is 11.9. The van der Waals surface area contributed by atoms with E-state index in [1.165, 1.54) is 41.5 Å². The second-order valence-corrected chi connectivity index (χ2v) is 5.70. The van der Waals surface area contributed by atoms with Crippen LogP contribution in [-0.2, 0) is 12.8 Å². The van der Waals surface area contributed by atoms with Crippen LogP contribution >= 0.6 is 0 Å². The molecule has 0 nitrogen and oxygen atoms in total. The Bertz CT molecular complexity index is 448. The molecule has 0 aliphatic rings. The molecule has 0 unspecified atom stereocenters. The van der Waals surface area contributed by atoms with Crippen molar-refractivity contribution < 1.29 is 0 Å². The van der Waals surface area contributed by atoms with E-state index in [-0.39, 0.29) is 0 Å². The Hall–Kier alpha value is -1.34. The third-order valence-electron chi connectivity index (χ3n) is 3.27. The topological polar surface area (TPSA) is 0 Å². The van der Waals surface area contributed by atoms with E-state index in [9.17, 15) is 0 Å². The summed E-state index contributed by atoms with van der Waals surface area (Å²) in [7, 11) is 1.17. The van der Waals surface area contributed by atoms with Crippen molar-refractivity contribution >= 4 is 15.4 Å². The molecular weight excluding hydrogens is 220 g/mol. The van der Waals surface area contributed by atoms with Gasteiger partial charge in [-0.25, -0.2) is 0 Å². The van der Waals surface area contributed by atoms with Crippen LogP contribution in [0.3, 0.4) is 0 Å². The molecule has 2 aromatic carbocycles. The average Bonchev–Trinajstić information content (AvgIpc) is 2.38. The molecule has 0 atom stereocenters. The summed E-state index contributed by atoms with van der Waals surface area (Å²) in [5.74, 6) is 0. The number of hydrogen-bond acceptors (Lipinski definition) is 0. The van der Waals surface area contributed by atoms with Gasteiger partial charge in [-0.1, -0.05) is 59.8 Å². The van der Waals surface area contributed by atoms with E-state index < -0.39 is 0 Å². The zero-order valence-electron chi connectivity index (χ0n) is 10.5. The van der Waals surface area contributed by atoms with E-state index in [0.717, 1.165) is 0 Å². The highest BCUT2D eigenvalue weighted by atomic mass is 28.1. The number of rotatable bonds is 5. The Morgan fingerprint density at radius 2 is 1.35 bits per heavy atom. The summed E-state index contributed by atoms with van der Waals surface area (Å²) < 4.78 is 0. The molecule has 88 valence electrons. The van der Waals surface area contributed by atoms with Crippen molar-refractivity contribution in [1.29, 1.82) is 0 Å². The normalized spacial score (nSPS) is 10.6. The largest absolute Gasteiger partial charge is 0.0676 e. The van der Waals surface area contributed by atoms with Crippen molar-refractivity contribution in [3.63, 3.8) is 0 Å². The average molecular weight is 240 g/mol. The van der Waals surface area contributed by atoms with E-state index in [1.807, 2.05) is 0 Å². The van der Waals surface area contributed by atoms with Gasteiger partial charge in [0.1, 0.15) is 0 Å². The third kappa shape index (κ3) is 3.86. The van der Waals surface area contributed by atoms with Crippen molar-refractivity contribution in [2.45, 2.75) is 25.7 Å². The first kappa shape index (κ1) is 12.1. The summed E-state index contributed by atoms with van der Waals surface area (Å²) >= 11 is 0. The minimum Gasteiger partial charge on any atom is -0.0676 e. The summed E-state index contributed by atoms with van der Waals surface area (Å²) in [6, 6.07) is 19.6. The maximum Gasteiger partial charge on any atom is 0.0388 e. The lowest BCUT2D eigenvalue weighted by Gasteiger charge is -2.05. The van der Waals surface area contributed by atoms with Crippen LogP contribution < -0.4 is 5.19 Å². The second kappa shape index (κ2) is 6.41. The molecule has 0 radical (unpaired) electrons. The van der Waals surface area contributed by atoms with Crippen LogP contribution in [0.25, 0.3) is 0 Å². The maximum absolute atomic E-state index is 2.28. The van der Waals surface area contributed by atoms with Crippen LogP contribution in [0.2, 0.25) is 0 Å². The van der Waals surface area contributed by atoms with Gasteiger partial charge in [0.15, 0.2) is 0 Å². The van der Waals surface area contributed by atoms with Gasteiger partial charge >= 0.3 is 0 Å². The molecule has 0 aliphatic heterocycles. The molecule has 0 aromatic heterocycles. The fourth-order valence-electron chi connectivity index (χ4n) is 2.18. The zero-order valence-corrected chi connectivity index (χ0v) is 12.5. The molecule has 0 N–H and O–H groups in total. The SMILES string of the molecule is [SiH3]c1ccccc1CCCCc1ccccc1. The predicted octanol–water partition coefficient (Wildman–Crippen LogP) is 2.24. The lowest BCUT2D eigenvalue weighted by Crippen LogP contribution is -2.09. The van der Waals surface area contributed by atoms with E-state index >= 15 is 0 Å². The first-order valence-electron chi connectivity index (χ1n) is 6.45. The summed E-state index contributed by atoms with van der Waals surface area (Å²) in [6.07, 6.45) is 5.05. The fraction of sp³-hybridized carbons (Fsp3) is 0.250. The van der Waals surface area contributed by atoms with Crippen LogP contribution in [0, 0.1) is 0 Å². The maximum atomic E-state index is 2.28. The van der Waals surface area contributed by atoms with Crippen molar-refractivity contribution in [2.24, 2.45) is 0 Å². The highest BCUT2D eigenvalue weighted by Gasteiger charge is 1.97. The van der Waals surface area contributed by atoms with Crippen molar-refractivity contribution in [3.8, 4) is 0 Å². The molecule has 0 saturated heterocycles. The van der Waals surface area contributed by atoms with E-state index in [4.69, 9.17) is 0 Å². The molecular formula is C16H20Si. The Balaban J connectivity index is 1.76. The van der Waals surface area contributed by atoms with Gasteiger partial charge in [-0.3, -0.25) is 0 Å². The molecule has 17 heavy (non-hydrogen) atoms. The van der Waals surface area contributed by atoms with Gasteiger partial charge in [0, 0.05) is 10.2 Å². The molecule has 0 saturated carbocycles. The molecule has 0 heterocycles. The Kier molecular flexibility index (Phi) is 4.57. The van der Waals surface area contributed by atoms with Crippen molar-refractivity contribution in [2.75, 3.05) is 0 Å². The van der Waals surface area contributed by atoms with Gasteiger partial charge in [0.25, 0.3) is 0 Å². The Labute approximate surface area is 107 Å². The predicted molar refractivity (Wildman–Crippen MR) is 79.1 cm³/mol. The highest BCUT2D eigenvalue weighted by molar-refractivity contribution is 6.33. The van der Waals surface area contributed by atoms with Crippen LogP contribution in [0.5, 0.6) is 0 Å². The second-order valence-electron chi connectivity index (χ2n) is 4.62. The van der Waals surface area contributed by atoms with Crippen molar-refractivity contribution in [3.05, 3.63) is 65.7 Å². The lowest BCUT2D eigenvalue weighted by atomic mass is 10.0. The molecule has 0 fully saturated rings. The summed E-state index contributed by atoms with van der Waals surface area (Å²) in [4.78, 5) is 0. The first-order chi connectivity index (χ1) is 8.36. The molecule has 0 aliphatic carbocycles. The number of hydrogen-bond donors (Lipinski definition) is 0.